The number of hydrogen-bond acceptors (Lipinski definition) is 3. The molecule has 0 fully saturated rings. The van der Waals surface area contributed by atoms with E-state index in [-0.39, 0.29) is 11.7 Å². The Balaban J connectivity index is 3.03. The molecule has 0 unspecified atom stereocenters. The van der Waals surface area contributed by atoms with Gasteiger partial charge < -0.3 is 4.74 Å². The van der Waals surface area contributed by atoms with Gasteiger partial charge in [-0.2, -0.15) is 0 Å². The van der Waals surface area contributed by atoms with Gasteiger partial charge in [-0.25, -0.2) is 0 Å². The predicted molar refractivity (Wildman–Crippen MR) is 66.2 cm³/mol. The lowest BCUT2D eigenvalue weighted by Crippen LogP contribution is -2.15. The van der Waals surface area contributed by atoms with Crippen LogP contribution in [0.5, 0.6) is 5.75 Å². The fourth-order valence-corrected chi connectivity index (χ4v) is 1.79. The zero-order valence-corrected chi connectivity index (χ0v) is 10.5. The van der Waals surface area contributed by atoms with Gasteiger partial charge >= 0.3 is 5.97 Å². The Morgan fingerprint density at radius 1 is 1.18 bits per heavy atom. The first kappa shape index (κ1) is 13.4. The van der Waals surface area contributed by atoms with Crippen molar-refractivity contribution in [3.8, 4) is 5.75 Å². The summed E-state index contributed by atoms with van der Waals surface area (Å²) in [5.41, 5.74) is 0.497. The highest BCUT2D eigenvalue weighted by molar-refractivity contribution is 6.00. The molecule has 0 amide bonds. The number of ether oxygens (including phenoxy) is 1. The van der Waals surface area contributed by atoms with Crippen LogP contribution >= 0.6 is 0 Å². The van der Waals surface area contributed by atoms with E-state index < -0.39 is 5.97 Å². The van der Waals surface area contributed by atoms with E-state index in [0.29, 0.717) is 11.3 Å². The van der Waals surface area contributed by atoms with Crippen LogP contribution in [-0.2, 0) is 4.79 Å². The smallest absolute Gasteiger partial charge is 0.308 e. The third kappa shape index (κ3) is 3.41. The van der Waals surface area contributed by atoms with Gasteiger partial charge in [-0.3, -0.25) is 9.59 Å². The van der Waals surface area contributed by atoms with Crippen molar-refractivity contribution in [3.63, 3.8) is 0 Å². The lowest BCUT2D eigenvalue weighted by atomic mass is 9.92. The molecule has 3 heteroatoms. The van der Waals surface area contributed by atoms with E-state index >= 15 is 0 Å². The lowest BCUT2D eigenvalue weighted by molar-refractivity contribution is -0.131. The standard InChI is InChI=1S/C14H18O3/c1-4-11(5-2)14(16)12-8-6-7-9-13(12)17-10(3)15/h6-9,11H,4-5H2,1-3H3. The third-order valence-corrected chi connectivity index (χ3v) is 2.76. The molecule has 0 bridgehead atoms. The molecule has 1 aromatic rings. The fraction of sp³-hybridized carbons (Fsp3) is 0.429. The second-order valence-corrected chi connectivity index (χ2v) is 3.97. The summed E-state index contributed by atoms with van der Waals surface area (Å²) in [4.78, 5) is 23.2. The molecule has 0 aliphatic carbocycles. The van der Waals surface area contributed by atoms with Crippen LogP contribution < -0.4 is 4.74 Å². The van der Waals surface area contributed by atoms with E-state index in [1.807, 2.05) is 13.8 Å². The molecule has 1 rings (SSSR count). The van der Waals surface area contributed by atoms with E-state index in [4.69, 9.17) is 4.74 Å². The highest BCUT2D eigenvalue weighted by Crippen LogP contribution is 2.24. The predicted octanol–water partition coefficient (Wildman–Crippen LogP) is 3.23. The molecule has 0 heterocycles. The van der Waals surface area contributed by atoms with Gasteiger partial charge in [-0.15, -0.1) is 0 Å². The minimum atomic E-state index is -0.408. The van der Waals surface area contributed by atoms with Gasteiger partial charge in [0, 0.05) is 12.8 Å². The van der Waals surface area contributed by atoms with Gasteiger partial charge in [0.1, 0.15) is 5.75 Å². The van der Waals surface area contributed by atoms with E-state index in [0.717, 1.165) is 12.8 Å². The Morgan fingerprint density at radius 3 is 2.29 bits per heavy atom. The molecule has 0 spiro atoms. The summed E-state index contributed by atoms with van der Waals surface area (Å²) in [6.07, 6.45) is 1.59. The zero-order chi connectivity index (χ0) is 12.8. The molecule has 0 N–H and O–H groups in total. The first-order valence-electron chi connectivity index (χ1n) is 5.91. The first-order chi connectivity index (χ1) is 8.10. The number of carbonyl (C=O) groups excluding carboxylic acids is 2. The Morgan fingerprint density at radius 2 is 1.76 bits per heavy atom. The van der Waals surface area contributed by atoms with E-state index in [1.165, 1.54) is 6.92 Å². The second kappa shape index (κ2) is 6.18. The van der Waals surface area contributed by atoms with Crippen LogP contribution in [-0.4, -0.2) is 11.8 Å². The summed E-state index contributed by atoms with van der Waals surface area (Å²) in [6, 6.07) is 6.89. The average Bonchev–Trinajstić information content (AvgIpc) is 2.30. The van der Waals surface area contributed by atoms with Gasteiger partial charge in [0.05, 0.1) is 5.56 Å². The maximum absolute atomic E-state index is 12.2. The van der Waals surface area contributed by atoms with Crippen molar-refractivity contribution in [3.05, 3.63) is 29.8 Å². The molecule has 0 aliphatic heterocycles. The molecule has 3 nitrogen and oxygen atoms in total. The molecule has 0 radical (unpaired) electrons. The highest BCUT2D eigenvalue weighted by Gasteiger charge is 2.20. The largest absolute Gasteiger partial charge is 0.426 e. The summed E-state index contributed by atoms with van der Waals surface area (Å²) in [7, 11) is 0. The van der Waals surface area contributed by atoms with Crippen molar-refractivity contribution in [2.24, 2.45) is 5.92 Å². The second-order valence-electron chi connectivity index (χ2n) is 3.97. The maximum atomic E-state index is 12.2. The van der Waals surface area contributed by atoms with Gasteiger partial charge in [0.15, 0.2) is 5.78 Å². The van der Waals surface area contributed by atoms with Gasteiger partial charge in [-0.05, 0) is 25.0 Å². The van der Waals surface area contributed by atoms with E-state index in [2.05, 4.69) is 0 Å². The van der Waals surface area contributed by atoms with Crippen molar-refractivity contribution in [1.29, 1.82) is 0 Å². The molecule has 0 aromatic heterocycles. The fourth-order valence-electron chi connectivity index (χ4n) is 1.79. The van der Waals surface area contributed by atoms with Crippen molar-refractivity contribution in [2.45, 2.75) is 33.6 Å². The quantitative estimate of drug-likeness (QED) is 0.446. The van der Waals surface area contributed by atoms with Crippen molar-refractivity contribution >= 4 is 11.8 Å². The number of rotatable bonds is 5. The maximum Gasteiger partial charge on any atom is 0.308 e. The monoisotopic (exact) mass is 234 g/mol. The first-order valence-corrected chi connectivity index (χ1v) is 5.91. The third-order valence-electron chi connectivity index (χ3n) is 2.76. The van der Waals surface area contributed by atoms with Crippen molar-refractivity contribution < 1.29 is 14.3 Å². The summed E-state index contributed by atoms with van der Waals surface area (Å²) in [5.74, 6) is -0.00902. The lowest BCUT2D eigenvalue weighted by Gasteiger charge is -2.13. The molecule has 1 aromatic carbocycles. The van der Waals surface area contributed by atoms with Crippen LogP contribution in [0, 0.1) is 5.92 Å². The van der Waals surface area contributed by atoms with Gasteiger partial charge in [0.2, 0.25) is 0 Å². The molecular formula is C14H18O3. The number of para-hydroxylation sites is 1. The van der Waals surface area contributed by atoms with Crippen LogP contribution in [0.15, 0.2) is 24.3 Å². The minimum absolute atomic E-state index is 0.00768. The molecule has 0 atom stereocenters. The van der Waals surface area contributed by atoms with Crippen LogP contribution in [0.2, 0.25) is 0 Å². The van der Waals surface area contributed by atoms with Crippen molar-refractivity contribution in [2.75, 3.05) is 0 Å². The Labute approximate surface area is 102 Å². The van der Waals surface area contributed by atoms with Crippen LogP contribution in [0.25, 0.3) is 0 Å². The average molecular weight is 234 g/mol. The molecule has 0 saturated heterocycles. The number of ketones is 1. The summed E-state index contributed by atoms with van der Waals surface area (Å²) >= 11 is 0. The van der Waals surface area contributed by atoms with Gasteiger partial charge in [-0.1, -0.05) is 26.0 Å². The highest BCUT2D eigenvalue weighted by atomic mass is 16.5. The normalized spacial score (nSPS) is 10.4. The zero-order valence-electron chi connectivity index (χ0n) is 10.5. The Bertz CT molecular complexity index is 406. The minimum Gasteiger partial charge on any atom is -0.426 e. The number of Topliss-reactive ketones (excluding diaryl/α,β-unsaturated/α-hetero) is 1. The topological polar surface area (TPSA) is 43.4 Å². The molecule has 92 valence electrons. The SMILES string of the molecule is CCC(CC)C(=O)c1ccccc1OC(C)=O. The van der Waals surface area contributed by atoms with Crippen LogP contribution in [0.3, 0.4) is 0 Å². The number of carbonyl (C=O) groups is 2. The molecule has 0 aliphatic rings. The molecule has 17 heavy (non-hydrogen) atoms. The molecular weight excluding hydrogens is 216 g/mol. The number of esters is 1. The number of benzene rings is 1. The van der Waals surface area contributed by atoms with E-state index in [9.17, 15) is 9.59 Å². The van der Waals surface area contributed by atoms with Crippen LogP contribution in [0.1, 0.15) is 44.0 Å². The van der Waals surface area contributed by atoms with E-state index in [1.54, 1.807) is 24.3 Å². The van der Waals surface area contributed by atoms with Crippen molar-refractivity contribution in [1.82, 2.24) is 0 Å². The van der Waals surface area contributed by atoms with Crippen LogP contribution in [0.4, 0.5) is 0 Å². The van der Waals surface area contributed by atoms with Gasteiger partial charge in [0.25, 0.3) is 0 Å². The Hall–Kier alpha value is -1.64. The summed E-state index contributed by atoms with van der Waals surface area (Å²) in [5, 5.41) is 0. The summed E-state index contributed by atoms with van der Waals surface area (Å²) in [6.45, 7) is 5.30. The Kier molecular flexibility index (Phi) is 4.88. The summed E-state index contributed by atoms with van der Waals surface area (Å²) < 4.78 is 5.05. The molecule has 0 saturated carbocycles. The number of hydrogen-bond donors (Lipinski definition) is 0.